The Morgan fingerprint density at radius 1 is 1.06 bits per heavy atom. The summed E-state index contributed by atoms with van der Waals surface area (Å²) in [7, 11) is 0. The molecule has 1 aromatic rings. The van der Waals surface area contributed by atoms with E-state index in [2.05, 4.69) is 4.74 Å². The molecule has 0 spiro atoms. The molecule has 0 aromatic heterocycles. The van der Waals surface area contributed by atoms with Gasteiger partial charge in [0.2, 0.25) is 0 Å². The van der Waals surface area contributed by atoms with E-state index in [-0.39, 0.29) is 6.47 Å². The van der Waals surface area contributed by atoms with Crippen LogP contribution in [0.3, 0.4) is 0 Å². The van der Waals surface area contributed by atoms with E-state index >= 15 is 0 Å². The van der Waals surface area contributed by atoms with Crippen LogP contribution in [0.25, 0.3) is 0 Å². The van der Waals surface area contributed by atoms with Crippen molar-refractivity contribution in [1.82, 2.24) is 0 Å². The molecule has 0 saturated carbocycles. The Kier molecular flexibility index (Phi) is 3.26. The number of ether oxygens (including phenoxy) is 1. The number of benzene rings is 1. The van der Waals surface area contributed by atoms with Crippen molar-refractivity contribution in [2.24, 2.45) is 0 Å². The number of halogens is 4. The number of rotatable bonds is 2. The summed E-state index contributed by atoms with van der Waals surface area (Å²) in [5, 5.41) is 0. The second-order valence-corrected chi connectivity index (χ2v) is 2.76. The standard InChI is InChI=1S/C9H4F4O3/c1-3-4(9(15)16-2-14)6(11)8(13)7(12)5(3)10/h2H,1H3. The van der Waals surface area contributed by atoms with Gasteiger partial charge in [-0.25, -0.2) is 22.4 Å². The summed E-state index contributed by atoms with van der Waals surface area (Å²) in [5.41, 5.74) is -1.92. The average Bonchev–Trinajstić information content (AvgIpc) is 2.24. The SMILES string of the molecule is Cc1c(F)c(F)c(F)c(F)c1C(=O)OC=O. The summed E-state index contributed by atoms with van der Waals surface area (Å²) in [4.78, 5) is 20.8. The molecule has 0 saturated heterocycles. The maximum absolute atomic E-state index is 13.1. The Bertz CT molecular complexity index is 441. The van der Waals surface area contributed by atoms with Gasteiger partial charge in [0, 0.05) is 5.56 Å². The lowest BCUT2D eigenvalue weighted by Gasteiger charge is -2.07. The Morgan fingerprint density at radius 2 is 1.56 bits per heavy atom. The van der Waals surface area contributed by atoms with Crippen LogP contribution in [0.2, 0.25) is 0 Å². The van der Waals surface area contributed by atoms with E-state index < -0.39 is 40.4 Å². The summed E-state index contributed by atoms with van der Waals surface area (Å²) in [6.45, 7) is 0.517. The molecule has 0 aliphatic rings. The molecule has 0 aliphatic heterocycles. The predicted molar refractivity (Wildman–Crippen MR) is 42.5 cm³/mol. The van der Waals surface area contributed by atoms with Crippen LogP contribution in [0, 0.1) is 30.2 Å². The lowest BCUT2D eigenvalue weighted by atomic mass is 10.1. The van der Waals surface area contributed by atoms with E-state index in [1.165, 1.54) is 0 Å². The summed E-state index contributed by atoms with van der Waals surface area (Å²) >= 11 is 0. The molecule has 0 unspecified atom stereocenters. The molecule has 0 aliphatic carbocycles. The fraction of sp³-hybridized carbons (Fsp3) is 0.111. The summed E-state index contributed by atoms with van der Waals surface area (Å²) < 4.78 is 55.2. The van der Waals surface area contributed by atoms with Crippen molar-refractivity contribution >= 4 is 12.4 Å². The third-order valence-corrected chi connectivity index (χ3v) is 1.86. The van der Waals surface area contributed by atoms with Crippen LogP contribution in [0.15, 0.2) is 0 Å². The molecule has 3 nitrogen and oxygen atoms in total. The van der Waals surface area contributed by atoms with E-state index in [1.807, 2.05) is 0 Å². The van der Waals surface area contributed by atoms with Gasteiger partial charge in [-0.1, -0.05) is 0 Å². The first-order chi connectivity index (χ1) is 7.41. The molecule has 1 rings (SSSR count). The van der Waals surface area contributed by atoms with Crippen molar-refractivity contribution < 1.29 is 31.9 Å². The van der Waals surface area contributed by atoms with E-state index in [9.17, 15) is 27.2 Å². The summed E-state index contributed by atoms with van der Waals surface area (Å²) in [6.07, 6.45) is 0. The molecule has 0 bridgehead atoms. The minimum atomic E-state index is -2.14. The Morgan fingerprint density at radius 3 is 2.06 bits per heavy atom. The number of hydrogen-bond acceptors (Lipinski definition) is 3. The molecule has 1 aromatic carbocycles. The van der Waals surface area contributed by atoms with Gasteiger partial charge >= 0.3 is 12.4 Å². The normalized spacial score (nSPS) is 10.1. The van der Waals surface area contributed by atoms with Crippen LogP contribution < -0.4 is 0 Å². The predicted octanol–water partition coefficient (Wildman–Crippen LogP) is 1.86. The molecule has 0 N–H and O–H groups in total. The maximum atomic E-state index is 13.1. The van der Waals surface area contributed by atoms with Gasteiger partial charge in [-0.2, -0.15) is 0 Å². The van der Waals surface area contributed by atoms with Gasteiger partial charge in [0.1, 0.15) is 5.56 Å². The molecule has 16 heavy (non-hydrogen) atoms. The Labute approximate surface area is 86.6 Å². The molecule has 0 fully saturated rings. The minimum Gasteiger partial charge on any atom is -0.392 e. The van der Waals surface area contributed by atoms with Crippen LogP contribution in [-0.2, 0) is 9.53 Å². The molecule has 7 heteroatoms. The van der Waals surface area contributed by atoms with Crippen molar-refractivity contribution in [2.45, 2.75) is 6.92 Å². The highest BCUT2D eigenvalue weighted by Crippen LogP contribution is 2.23. The van der Waals surface area contributed by atoms with E-state index in [1.54, 1.807) is 0 Å². The highest BCUT2D eigenvalue weighted by Gasteiger charge is 2.27. The fourth-order valence-electron chi connectivity index (χ4n) is 1.09. The number of hydrogen-bond donors (Lipinski definition) is 0. The molecular weight excluding hydrogens is 232 g/mol. The zero-order valence-electron chi connectivity index (χ0n) is 7.81. The lowest BCUT2D eigenvalue weighted by Crippen LogP contribution is -2.13. The van der Waals surface area contributed by atoms with Crippen molar-refractivity contribution in [2.75, 3.05) is 0 Å². The first kappa shape index (κ1) is 12.2. The quantitative estimate of drug-likeness (QED) is 0.196. The van der Waals surface area contributed by atoms with Gasteiger partial charge in [0.05, 0.1) is 0 Å². The average molecular weight is 236 g/mol. The van der Waals surface area contributed by atoms with Crippen LogP contribution >= 0.6 is 0 Å². The van der Waals surface area contributed by atoms with Gasteiger partial charge in [-0.05, 0) is 6.92 Å². The van der Waals surface area contributed by atoms with Crippen molar-refractivity contribution in [3.8, 4) is 0 Å². The van der Waals surface area contributed by atoms with Crippen molar-refractivity contribution in [3.05, 3.63) is 34.4 Å². The molecule has 0 amide bonds. The summed E-state index contributed by atoms with van der Waals surface area (Å²) in [5.74, 6) is -9.37. The smallest absolute Gasteiger partial charge is 0.349 e. The van der Waals surface area contributed by atoms with Crippen LogP contribution in [0.5, 0.6) is 0 Å². The third kappa shape index (κ3) is 1.75. The van der Waals surface area contributed by atoms with Crippen LogP contribution in [-0.4, -0.2) is 12.4 Å². The Balaban J connectivity index is 3.51. The number of carbonyl (C=O) groups is 2. The fourth-order valence-corrected chi connectivity index (χ4v) is 1.09. The van der Waals surface area contributed by atoms with Gasteiger partial charge in [-0.15, -0.1) is 0 Å². The summed E-state index contributed by atoms with van der Waals surface area (Å²) in [6, 6.07) is 0. The van der Waals surface area contributed by atoms with Gasteiger partial charge < -0.3 is 4.74 Å². The van der Waals surface area contributed by atoms with Crippen LogP contribution in [0.1, 0.15) is 15.9 Å². The Hall–Kier alpha value is -1.92. The molecule has 86 valence electrons. The third-order valence-electron chi connectivity index (χ3n) is 1.86. The highest BCUT2D eigenvalue weighted by molar-refractivity contribution is 5.94. The lowest BCUT2D eigenvalue weighted by molar-refractivity contribution is -0.123. The van der Waals surface area contributed by atoms with Gasteiger partial charge in [0.15, 0.2) is 23.3 Å². The zero-order valence-corrected chi connectivity index (χ0v) is 7.81. The minimum absolute atomic E-state index is 0.333. The zero-order chi connectivity index (χ0) is 12.5. The van der Waals surface area contributed by atoms with E-state index in [4.69, 9.17) is 0 Å². The number of carbonyl (C=O) groups excluding carboxylic acids is 2. The number of esters is 1. The second-order valence-electron chi connectivity index (χ2n) is 2.76. The highest BCUT2D eigenvalue weighted by atomic mass is 19.2. The molecule has 0 heterocycles. The van der Waals surface area contributed by atoms with E-state index in [0.29, 0.717) is 0 Å². The van der Waals surface area contributed by atoms with E-state index in [0.717, 1.165) is 6.92 Å². The van der Waals surface area contributed by atoms with Crippen molar-refractivity contribution in [3.63, 3.8) is 0 Å². The topological polar surface area (TPSA) is 43.4 Å². The first-order valence-electron chi connectivity index (χ1n) is 3.89. The molecule has 0 atom stereocenters. The van der Waals surface area contributed by atoms with Crippen molar-refractivity contribution in [1.29, 1.82) is 0 Å². The first-order valence-corrected chi connectivity index (χ1v) is 3.89. The van der Waals surface area contributed by atoms with Gasteiger partial charge in [-0.3, -0.25) is 4.79 Å². The maximum Gasteiger partial charge on any atom is 0.349 e. The monoisotopic (exact) mass is 236 g/mol. The van der Waals surface area contributed by atoms with Crippen LogP contribution in [0.4, 0.5) is 17.6 Å². The molecular formula is C9H4F4O3. The van der Waals surface area contributed by atoms with Gasteiger partial charge in [0.25, 0.3) is 0 Å². The second kappa shape index (κ2) is 4.30. The largest absolute Gasteiger partial charge is 0.392 e. The molecule has 0 radical (unpaired) electrons.